The van der Waals surface area contributed by atoms with Crippen LogP contribution in [-0.2, 0) is 6.54 Å². The van der Waals surface area contributed by atoms with Gasteiger partial charge in [-0.1, -0.05) is 13.8 Å². The number of halogens is 1. The topological polar surface area (TPSA) is 29.9 Å². The Morgan fingerprint density at radius 2 is 2.28 bits per heavy atom. The maximum Gasteiger partial charge on any atom is 0.131 e. The van der Waals surface area contributed by atoms with Crippen LogP contribution in [0.2, 0.25) is 0 Å². The molecule has 2 rings (SSSR count). The van der Waals surface area contributed by atoms with E-state index < -0.39 is 0 Å². The number of rotatable bonds is 6. The number of hydrogen-bond acceptors (Lipinski definition) is 3. The molecule has 18 heavy (non-hydrogen) atoms. The number of nitrogens with zero attached hydrogens (tertiary/aromatic N) is 2. The smallest absolute Gasteiger partial charge is 0.131 e. The summed E-state index contributed by atoms with van der Waals surface area (Å²) >= 11 is 5.29. The second-order valence-electron chi connectivity index (χ2n) is 4.11. The minimum atomic E-state index is 0.188. The molecule has 0 radical (unpaired) electrons. The van der Waals surface area contributed by atoms with Crippen molar-refractivity contribution in [3.63, 3.8) is 0 Å². The van der Waals surface area contributed by atoms with Crippen LogP contribution in [0.15, 0.2) is 28.3 Å². The fourth-order valence-corrected chi connectivity index (χ4v) is 3.51. The normalized spacial score (nSPS) is 12.8. The molecule has 0 saturated carbocycles. The average Bonchev–Trinajstić information content (AvgIpc) is 2.96. The Morgan fingerprint density at radius 1 is 1.44 bits per heavy atom. The molecular formula is C13H18BrN3S. The van der Waals surface area contributed by atoms with Gasteiger partial charge in [-0.05, 0) is 41.0 Å². The fraction of sp³-hybridized carbons (Fsp3) is 0.462. The van der Waals surface area contributed by atoms with E-state index in [1.807, 2.05) is 6.20 Å². The third-order valence-corrected chi connectivity index (χ3v) is 4.45. The molecule has 1 N–H and O–H groups in total. The molecule has 98 valence electrons. The number of thiophene rings is 1. The van der Waals surface area contributed by atoms with Gasteiger partial charge in [0.1, 0.15) is 11.9 Å². The van der Waals surface area contributed by atoms with Gasteiger partial charge >= 0.3 is 0 Å². The van der Waals surface area contributed by atoms with Gasteiger partial charge in [0.05, 0.1) is 3.79 Å². The van der Waals surface area contributed by atoms with Crippen molar-refractivity contribution in [3.05, 3.63) is 39.0 Å². The molecule has 1 atom stereocenters. The molecule has 0 spiro atoms. The molecule has 2 heterocycles. The molecule has 0 amide bonds. The lowest BCUT2D eigenvalue weighted by atomic mass is 10.2. The van der Waals surface area contributed by atoms with E-state index in [2.05, 4.69) is 63.0 Å². The number of hydrogen-bond donors (Lipinski definition) is 1. The molecule has 0 bridgehead atoms. The van der Waals surface area contributed by atoms with Gasteiger partial charge in [0.25, 0.3) is 0 Å². The number of imidazole rings is 1. The number of nitrogens with one attached hydrogen (secondary N) is 1. The van der Waals surface area contributed by atoms with Crippen LogP contribution in [0, 0.1) is 0 Å². The first kappa shape index (κ1) is 13.8. The summed E-state index contributed by atoms with van der Waals surface area (Å²) in [6.07, 6.45) is 5.07. The summed E-state index contributed by atoms with van der Waals surface area (Å²) in [6.45, 7) is 6.26. The van der Waals surface area contributed by atoms with Crippen LogP contribution < -0.4 is 5.32 Å². The summed E-state index contributed by atoms with van der Waals surface area (Å²) in [5.74, 6) is 1.10. The quantitative estimate of drug-likeness (QED) is 0.874. The lowest BCUT2D eigenvalue weighted by Gasteiger charge is -2.17. The Balaban J connectivity index is 2.31. The monoisotopic (exact) mass is 327 g/mol. The summed E-state index contributed by atoms with van der Waals surface area (Å²) in [6, 6.07) is 4.44. The van der Waals surface area contributed by atoms with Crippen molar-refractivity contribution < 1.29 is 0 Å². The molecule has 3 nitrogen and oxygen atoms in total. The van der Waals surface area contributed by atoms with Crippen LogP contribution in [-0.4, -0.2) is 16.1 Å². The lowest BCUT2D eigenvalue weighted by Crippen LogP contribution is -2.24. The first-order valence-electron chi connectivity index (χ1n) is 6.25. The van der Waals surface area contributed by atoms with Crippen LogP contribution in [0.1, 0.15) is 37.0 Å². The van der Waals surface area contributed by atoms with Crippen molar-refractivity contribution in [1.82, 2.24) is 14.9 Å². The van der Waals surface area contributed by atoms with Gasteiger partial charge in [-0.15, -0.1) is 11.3 Å². The molecule has 1 unspecified atom stereocenters. The highest BCUT2D eigenvalue weighted by atomic mass is 79.9. The van der Waals surface area contributed by atoms with Crippen molar-refractivity contribution >= 4 is 27.3 Å². The predicted octanol–water partition coefficient (Wildman–Crippen LogP) is 3.82. The van der Waals surface area contributed by atoms with Crippen molar-refractivity contribution in [3.8, 4) is 0 Å². The number of aryl methyl sites for hydroxylation is 1. The van der Waals surface area contributed by atoms with Gasteiger partial charge in [-0.3, -0.25) is 0 Å². The van der Waals surface area contributed by atoms with E-state index in [1.165, 1.54) is 4.88 Å². The molecular weight excluding hydrogens is 310 g/mol. The Labute approximate surface area is 120 Å². The van der Waals surface area contributed by atoms with E-state index in [1.54, 1.807) is 11.3 Å². The summed E-state index contributed by atoms with van der Waals surface area (Å²) in [7, 11) is 0. The first-order chi connectivity index (χ1) is 8.76. The molecule has 0 fully saturated rings. The molecule has 0 aromatic carbocycles. The van der Waals surface area contributed by atoms with Gasteiger partial charge in [0.15, 0.2) is 0 Å². The van der Waals surface area contributed by atoms with E-state index in [4.69, 9.17) is 0 Å². The molecule has 0 aliphatic heterocycles. The van der Waals surface area contributed by atoms with E-state index >= 15 is 0 Å². The van der Waals surface area contributed by atoms with Gasteiger partial charge in [0.2, 0.25) is 0 Å². The first-order valence-corrected chi connectivity index (χ1v) is 7.86. The Bertz CT molecular complexity index is 492. The standard InChI is InChI=1S/C13H18BrN3S/c1-3-8-17-9-7-16-13(17)12(15-4-2)10-5-6-11(14)18-10/h5-7,9,12,15H,3-4,8H2,1-2H3. The van der Waals surface area contributed by atoms with Crippen LogP contribution in [0.25, 0.3) is 0 Å². The molecule has 0 aliphatic carbocycles. The largest absolute Gasteiger partial charge is 0.333 e. The zero-order valence-electron chi connectivity index (χ0n) is 10.7. The second kappa shape index (κ2) is 6.50. The van der Waals surface area contributed by atoms with Gasteiger partial charge < -0.3 is 9.88 Å². The van der Waals surface area contributed by atoms with Crippen molar-refractivity contribution in [2.45, 2.75) is 32.9 Å². The van der Waals surface area contributed by atoms with Gasteiger partial charge in [0, 0.05) is 23.8 Å². The average molecular weight is 328 g/mol. The fourth-order valence-electron chi connectivity index (χ4n) is 2.02. The molecule has 5 heteroatoms. The zero-order valence-corrected chi connectivity index (χ0v) is 13.1. The van der Waals surface area contributed by atoms with E-state index in [0.29, 0.717) is 0 Å². The minimum absolute atomic E-state index is 0.188. The van der Waals surface area contributed by atoms with E-state index in [-0.39, 0.29) is 6.04 Å². The Hall–Kier alpha value is -0.650. The summed E-state index contributed by atoms with van der Waals surface area (Å²) in [4.78, 5) is 5.83. The molecule has 0 saturated heterocycles. The van der Waals surface area contributed by atoms with Crippen LogP contribution in [0.5, 0.6) is 0 Å². The summed E-state index contributed by atoms with van der Waals surface area (Å²) < 4.78 is 3.40. The Morgan fingerprint density at radius 3 is 2.89 bits per heavy atom. The van der Waals surface area contributed by atoms with E-state index in [9.17, 15) is 0 Å². The lowest BCUT2D eigenvalue weighted by molar-refractivity contribution is 0.549. The minimum Gasteiger partial charge on any atom is -0.333 e. The van der Waals surface area contributed by atoms with Gasteiger partial charge in [-0.2, -0.15) is 0 Å². The maximum absolute atomic E-state index is 4.53. The SMILES string of the molecule is CCCn1ccnc1C(NCC)c1ccc(Br)s1. The Kier molecular flexibility index (Phi) is 4.97. The second-order valence-corrected chi connectivity index (χ2v) is 6.61. The van der Waals surface area contributed by atoms with Crippen LogP contribution >= 0.6 is 27.3 Å². The molecule has 2 aromatic rings. The highest BCUT2D eigenvalue weighted by Gasteiger charge is 2.19. The predicted molar refractivity (Wildman–Crippen MR) is 80.1 cm³/mol. The van der Waals surface area contributed by atoms with Crippen LogP contribution in [0.3, 0.4) is 0 Å². The van der Waals surface area contributed by atoms with Crippen LogP contribution in [0.4, 0.5) is 0 Å². The highest BCUT2D eigenvalue weighted by molar-refractivity contribution is 9.11. The molecule has 0 aliphatic rings. The highest BCUT2D eigenvalue weighted by Crippen LogP contribution is 2.30. The summed E-state index contributed by atoms with van der Waals surface area (Å²) in [5, 5.41) is 3.52. The summed E-state index contributed by atoms with van der Waals surface area (Å²) in [5.41, 5.74) is 0. The zero-order chi connectivity index (χ0) is 13.0. The van der Waals surface area contributed by atoms with E-state index in [0.717, 1.165) is 29.1 Å². The maximum atomic E-state index is 4.53. The van der Waals surface area contributed by atoms with Crippen molar-refractivity contribution in [2.24, 2.45) is 0 Å². The van der Waals surface area contributed by atoms with Crippen molar-refractivity contribution in [1.29, 1.82) is 0 Å². The van der Waals surface area contributed by atoms with Crippen molar-refractivity contribution in [2.75, 3.05) is 6.54 Å². The molecule has 2 aromatic heterocycles. The number of aromatic nitrogens is 2. The third-order valence-electron chi connectivity index (χ3n) is 2.76. The van der Waals surface area contributed by atoms with Gasteiger partial charge in [-0.25, -0.2) is 4.98 Å². The third kappa shape index (κ3) is 3.02.